The standard InChI is InChI=1S/C16H24N2O2/c1-15(2,3)20-14(19)18-13-6-4-12(5-7-13)8-9-16(17)10-11-16/h4-7H,8-11,17H2,1-3H3,(H,18,19). The Kier molecular flexibility index (Phi) is 4.04. The molecule has 0 unspecified atom stereocenters. The fourth-order valence-electron chi connectivity index (χ4n) is 1.98. The van der Waals surface area contributed by atoms with Crippen molar-refractivity contribution in [3.63, 3.8) is 0 Å². The summed E-state index contributed by atoms with van der Waals surface area (Å²) in [7, 11) is 0. The van der Waals surface area contributed by atoms with Gasteiger partial charge in [0.1, 0.15) is 5.60 Å². The predicted molar refractivity (Wildman–Crippen MR) is 80.8 cm³/mol. The Bertz CT molecular complexity index is 470. The summed E-state index contributed by atoms with van der Waals surface area (Å²) in [4.78, 5) is 11.6. The van der Waals surface area contributed by atoms with Gasteiger partial charge in [0, 0.05) is 11.2 Å². The van der Waals surface area contributed by atoms with Gasteiger partial charge < -0.3 is 10.5 Å². The molecule has 4 heteroatoms. The first-order valence-electron chi connectivity index (χ1n) is 7.14. The average Bonchev–Trinajstić information content (AvgIpc) is 3.05. The normalized spacial score (nSPS) is 16.6. The zero-order chi connectivity index (χ0) is 14.8. The first-order valence-corrected chi connectivity index (χ1v) is 7.14. The van der Waals surface area contributed by atoms with E-state index in [2.05, 4.69) is 5.32 Å². The smallest absolute Gasteiger partial charge is 0.412 e. The van der Waals surface area contributed by atoms with Crippen LogP contribution in [-0.2, 0) is 11.2 Å². The molecule has 1 aromatic rings. The summed E-state index contributed by atoms with van der Waals surface area (Å²) in [5.41, 5.74) is 7.68. The minimum absolute atomic E-state index is 0.0907. The minimum Gasteiger partial charge on any atom is -0.444 e. The monoisotopic (exact) mass is 276 g/mol. The number of amides is 1. The highest BCUT2D eigenvalue weighted by Crippen LogP contribution is 2.36. The molecule has 3 N–H and O–H groups in total. The summed E-state index contributed by atoms with van der Waals surface area (Å²) < 4.78 is 5.21. The van der Waals surface area contributed by atoms with Gasteiger partial charge in [-0.25, -0.2) is 4.79 Å². The largest absolute Gasteiger partial charge is 0.444 e. The molecule has 0 aliphatic heterocycles. The van der Waals surface area contributed by atoms with Crippen molar-refractivity contribution < 1.29 is 9.53 Å². The molecule has 0 spiro atoms. The van der Waals surface area contributed by atoms with Crippen molar-refractivity contribution in [2.75, 3.05) is 5.32 Å². The molecule has 1 aromatic carbocycles. The lowest BCUT2D eigenvalue weighted by Crippen LogP contribution is -2.27. The maximum absolute atomic E-state index is 11.6. The number of hydrogen-bond acceptors (Lipinski definition) is 3. The topological polar surface area (TPSA) is 64.3 Å². The van der Waals surface area contributed by atoms with Crippen LogP contribution in [0.2, 0.25) is 0 Å². The molecule has 0 radical (unpaired) electrons. The number of ether oxygens (including phenoxy) is 1. The van der Waals surface area contributed by atoms with Crippen LogP contribution in [0.4, 0.5) is 10.5 Å². The molecule has 1 aliphatic carbocycles. The van der Waals surface area contributed by atoms with Crippen LogP contribution < -0.4 is 11.1 Å². The van der Waals surface area contributed by atoms with Crippen LogP contribution in [0.3, 0.4) is 0 Å². The van der Waals surface area contributed by atoms with E-state index in [1.807, 2.05) is 45.0 Å². The zero-order valence-electron chi connectivity index (χ0n) is 12.5. The molecule has 1 fully saturated rings. The van der Waals surface area contributed by atoms with Crippen LogP contribution >= 0.6 is 0 Å². The number of anilines is 1. The lowest BCUT2D eigenvalue weighted by molar-refractivity contribution is 0.0636. The molecule has 0 bridgehead atoms. The fraction of sp³-hybridized carbons (Fsp3) is 0.562. The third-order valence-corrected chi connectivity index (χ3v) is 3.40. The Morgan fingerprint density at radius 3 is 2.40 bits per heavy atom. The van der Waals surface area contributed by atoms with E-state index in [1.165, 1.54) is 5.56 Å². The van der Waals surface area contributed by atoms with Crippen LogP contribution in [-0.4, -0.2) is 17.2 Å². The number of hydrogen-bond donors (Lipinski definition) is 2. The number of nitrogens with one attached hydrogen (secondary N) is 1. The van der Waals surface area contributed by atoms with Crippen molar-refractivity contribution in [1.82, 2.24) is 0 Å². The van der Waals surface area contributed by atoms with E-state index in [0.717, 1.165) is 31.4 Å². The second kappa shape index (κ2) is 5.44. The van der Waals surface area contributed by atoms with E-state index in [1.54, 1.807) is 0 Å². The summed E-state index contributed by atoms with van der Waals surface area (Å²) >= 11 is 0. The highest BCUT2D eigenvalue weighted by atomic mass is 16.6. The summed E-state index contributed by atoms with van der Waals surface area (Å²) in [5, 5.41) is 2.72. The van der Waals surface area contributed by atoms with Gasteiger partial charge in [-0.2, -0.15) is 0 Å². The number of rotatable bonds is 4. The zero-order valence-corrected chi connectivity index (χ0v) is 12.5. The van der Waals surface area contributed by atoms with E-state index in [9.17, 15) is 4.79 Å². The third kappa shape index (κ3) is 4.85. The fourth-order valence-corrected chi connectivity index (χ4v) is 1.98. The van der Waals surface area contributed by atoms with Gasteiger partial charge in [-0.1, -0.05) is 12.1 Å². The quantitative estimate of drug-likeness (QED) is 0.885. The van der Waals surface area contributed by atoms with Gasteiger partial charge in [0.25, 0.3) is 0 Å². The van der Waals surface area contributed by atoms with E-state index in [0.29, 0.717) is 0 Å². The van der Waals surface area contributed by atoms with Crippen molar-refractivity contribution in [1.29, 1.82) is 0 Å². The van der Waals surface area contributed by atoms with Crippen LogP contribution in [0.5, 0.6) is 0 Å². The maximum Gasteiger partial charge on any atom is 0.412 e. The lowest BCUT2D eigenvalue weighted by atomic mass is 10.0. The first-order chi connectivity index (χ1) is 9.26. The molecule has 2 rings (SSSR count). The lowest BCUT2D eigenvalue weighted by Gasteiger charge is -2.19. The van der Waals surface area contributed by atoms with Gasteiger partial charge >= 0.3 is 6.09 Å². The number of benzene rings is 1. The molecule has 1 saturated carbocycles. The average molecular weight is 276 g/mol. The molecular formula is C16H24N2O2. The van der Waals surface area contributed by atoms with Crippen molar-refractivity contribution in [3.05, 3.63) is 29.8 Å². The van der Waals surface area contributed by atoms with Gasteiger partial charge in [-0.15, -0.1) is 0 Å². The summed E-state index contributed by atoms with van der Waals surface area (Å²) in [5.74, 6) is 0. The van der Waals surface area contributed by atoms with Gasteiger partial charge in [0.2, 0.25) is 0 Å². The Hall–Kier alpha value is -1.55. The van der Waals surface area contributed by atoms with Gasteiger partial charge in [0.15, 0.2) is 0 Å². The Morgan fingerprint density at radius 1 is 1.30 bits per heavy atom. The number of aryl methyl sites for hydroxylation is 1. The van der Waals surface area contributed by atoms with E-state index < -0.39 is 11.7 Å². The van der Waals surface area contributed by atoms with Gasteiger partial charge in [0.05, 0.1) is 0 Å². The highest BCUT2D eigenvalue weighted by molar-refractivity contribution is 5.84. The van der Waals surface area contributed by atoms with Crippen LogP contribution in [0.15, 0.2) is 24.3 Å². The Labute approximate surface area is 120 Å². The van der Waals surface area contributed by atoms with Crippen LogP contribution in [0, 0.1) is 0 Å². The molecule has 4 nitrogen and oxygen atoms in total. The van der Waals surface area contributed by atoms with Crippen molar-refractivity contribution in [2.45, 2.75) is 57.6 Å². The summed E-state index contributed by atoms with van der Waals surface area (Å²) in [6.07, 6.45) is 3.88. The number of nitrogens with two attached hydrogens (primary N) is 1. The Balaban J connectivity index is 1.83. The molecule has 0 aromatic heterocycles. The maximum atomic E-state index is 11.6. The van der Waals surface area contributed by atoms with Crippen LogP contribution in [0.1, 0.15) is 45.6 Å². The second-order valence-electron chi connectivity index (χ2n) is 6.69. The van der Waals surface area contributed by atoms with Crippen LogP contribution in [0.25, 0.3) is 0 Å². The molecule has 0 heterocycles. The molecule has 1 aliphatic rings. The SMILES string of the molecule is CC(C)(C)OC(=O)Nc1ccc(CCC2(N)CC2)cc1. The first kappa shape index (κ1) is 14.9. The van der Waals surface area contributed by atoms with E-state index in [-0.39, 0.29) is 5.54 Å². The van der Waals surface area contributed by atoms with Gasteiger partial charge in [-0.3, -0.25) is 5.32 Å². The van der Waals surface area contributed by atoms with Crippen molar-refractivity contribution in [3.8, 4) is 0 Å². The molecule has 0 atom stereocenters. The number of carbonyl (C=O) groups is 1. The summed E-state index contributed by atoms with van der Waals surface area (Å²) in [6.45, 7) is 5.53. The minimum atomic E-state index is -0.482. The second-order valence-corrected chi connectivity index (χ2v) is 6.69. The molecule has 20 heavy (non-hydrogen) atoms. The third-order valence-electron chi connectivity index (χ3n) is 3.40. The van der Waals surface area contributed by atoms with E-state index in [4.69, 9.17) is 10.5 Å². The van der Waals surface area contributed by atoms with Crippen molar-refractivity contribution >= 4 is 11.8 Å². The molecule has 0 saturated heterocycles. The van der Waals surface area contributed by atoms with Crippen molar-refractivity contribution in [2.24, 2.45) is 5.73 Å². The molecular weight excluding hydrogens is 252 g/mol. The highest BCUT2D eigenvalue weighted by Gasteiger charge is 2.37. The Morgan fingerprint density at radius 2 is 1.90 bits per heavy atom. The predicted octanol–water partition coefficient (Wildman–Crippen LogP) is 3.46. The molecule has 1 amide bonds. The molecule has 110 valence electrons. The summed E-state index contributed by atoms with van der Waals surface area (Å²) in [6, 6.07) is 7.85. The number of carbonyl (C=O) groups excluding carboxylic acids is 1. The van der Waals surface area contributed by atoms with Gasteiger partial charge in [-0.05, 0) is 64.2 Å². The van der Waals surface area contributed by atoms with E-state index >= 15 is 0 Å².